The lowest BCUT2D eigenvalue weighted by atomic mass is 10.2. The largest absolute Gasteiger partial charge is 0.493 e. The van der Waals surface area contributed by atoms with Gasteiger partial charge in [0.1, 0.15) is 0 Å². The number of halogens is 2. The van der Waals surface area contributed by atoms with Crippen molar-refractivity contribution in [1.82, 2.24) is 0 Å². The Balaban J connectivity index is 3.44. The SMILES string of the molecule is COc1cc(Br)c(CBr)c(OC)c1OC. The molecule has 0 saturated heterocycles. The van der Waals surface area contributed by atoms with Crippen LogP contribution in [0.4, 0.5) is 0 Å². The Labute approximate surface area is 106 Å². The Kier molecular flexibility index (Phi) is 4.73. The van der Waals surface area contributed by atoms with Gasteiger partial charge < -0.3 is 14.2 Å². The van der Waals surface area contributed by atoms with E-state index in [4.69, 9.17) is 14.2 Å². The first-order chi connectivity index (χ1) is 7.19. The molecule has 3 nitrogen and oxygen atoms in total. The van der Waals surface area contributed by atoms with Gasteiger partial charge in [0, 0.05) is 15.4 Å². The third-order valence-electron chi connectivity index (χ3n) is 2.01. The first kappa shape index (κ1) is 12.6. The lowest BCUT2D eigenvalue weighted by molar-refractivity contribution is 0.322. The van der Waals surface area contributed by atoms with Crippen molar-refractivity contribution in [2.24, 2.45) is 0 Å². The predicted molar refractivity (Wildman–Crippen MR) is 66.4 cm³/mol. The average Bonchev–Trinajstić information content (AvgIpc) is 2.27. The molecule has 0 fully saturated rings. The number of benzene rings is 1. The third kappa shape index (κ3) is 2.39. The van der Waals surface area contributed by atoms with Crippen LogP contribution < -0.4 is 14.2 Å². The van der Waals surface area contributed by atoms with Crippen LogP contribution in [0.5, 0.6) is 17.2 Å². The Morgan fingerprint density at radius 1 is 1.07 bits per heavy atom. The summed E-state index contributed by atoms with van der Waals surface area (Å²) in [5.74, 6) is 1.93. The van der Waals surface area contributed by atoms with Crippen molar-refractivity contribution in [3.8, 4) is 17.2 Å². The monoisotopic (exact) mass is 338 g/mol. The van der Waals surface area contributed by atoms with Gasteiger partial charge in [-0.2, -0.15) is 0 Å². The highest BCUT2D eigenvalue weighted by molar-refractivity contribution is 9.10. The second kappa shape index (κ2) is 5.61. The van der Waals surface area contributed by atoms with Crippen LogP contribution in [0.1, 0.15) is 5.56 Å². The topological polar surface area (TPSA) is 27.7 Å². The lowest BCUT2D eigenvalue weighted by Crippen LogP contribution is -1.98. The molecule has 84 valence electrons. The van der Waals surface area contributed by atoms with Crippen LogP contribution in [0, 0.1) is 0 Å². The number of hydrogen-bond donors (Lipinski definition) is 0. The summed E-state index contributed by atoms with van der Waals surface area (Å²) in [5.41, 5.74) is 0.996. The summed E-state index contributed by atoms with van der Waals surface area (Å²) in [4.78, 5) is 0. The van der Waals surface area contributed by atoms with E-state index in [1.165, 1.54) is 0 Å². The van der Waals surface area contributed by atoms with Gasteiger partial charge in [0.2, 0.25) is 5.75 Å². The zero-order valence-electron chi connectivity index (χ0n) is 8.77. The minimum Gasteiger partial charge on any atom is -0.493 e. The molecular formula is C10H12Br2O3. The smallest absolute Gasteiger partial charge is 0.203 e. The number of alkyl halides is 1. The highest BCUT2D eigenvalue weighted by Crippen LogP contribution is 2.44. The van der Waals surface area contributed by atoms with Crippen LogP contribution in [-0.2, 0) is 5.33 Å². The summed E-state index contributed by atoms with van der Waals surface area (Å²) in [5, 5.41) is 0.678. The van der Waals surface area contributed by atoms with E-state index in [0.29, 0.717) is 22.6 Å². The van der Waals surface area contributed by atoms with Crippen LogP contribution in [0.15, 0.2) is 10.5 Å². The predicted octanol–water partition coefficient (Wildman–Crippen LogP) is 3.37. The van der Waals surface area contributed by atoms with Crippen molar-refractivity contribution in [2.75, 3.05) is 21.3 Å². The van der Waals surface area contributed by atoms with E-state index >= 15 is 0 Å². The molecule has 0 N–H and O–H groups in total. The van der Waals surface area contributed by atoms with Crippen LogP contribution in [0.3, 0.4) is 0 Å². The summed E-state index contributed by atoms with van der Waals surface area (Å²) < 4.78 is 16.7. The number of hydrogen-bond acceptors (Lipinski definition) is 3. The Bertz CT molecular complexity index is 353. The quantitative estimate of drug-likeness (QED) is 0.787. The zero-order chi connectivity index (χ0) is 11.4. The fourth-order valence-corrected chi connectivity index (χ4v) is 2.77. The summed E-state index contributed by atoms with van der Waals surface area (Å²) in [7, 11) is 4.79. The first-order valence-electron chi connectivity index (χ1n) is 4.22. The van der Waals surface area contributed by atoms with Gasteiger partial charge in [0.25, 0.3) is 0 Å². The Hall–Kier alpha value is -0.420. The number of methoxy groups -OCH3 is 3. The first-order valence-corrected chi connectivity index (χ1v) is 6.14. The molecule has 1 aromatic carbocycles. The maximum atomic E-state index is 5.32. The molecule has 0 aliphatic heterocycles. The fraction of sp³-hybridized carbons (Fsp3) is 0.400. The van der Waals surface area contributed by atoms with Crippen molar-refractivity contribution in [3.63, 3.8) is 0 Å². The molecule has 0 atom stereocenters. The van der Waals surface area contributed by atoms with Crippen molar-refractivity contribution in [3.05, 3.63) is 16.1 Å². The van der Waals surface area contributed by atoms with E-state index in [9.17, 15) is 0 Å². The van der Waals surface area contributed by atoms with Crippen molar-refractivity contribution < 1.29 is 14.2 Å². The normalized spacial score (nSPS) is 9.93. The van der Waals surface area contributed by atoms with Gasteiger partial charge in [0.05, 0.1) is 21.3 Å². The summed E-state index contributed by atoms with van der Waals surface area (Å²) in [6, 6.07) is 1.86. The van der Waals surface area contributed by atoms with Crippen molar-refractivity contribution >= 4 is 31.9 Å². The fourth-order valence-electron chi connectivity index (χ4n) is 1.31. The van der Waals surface area contributed by atoms with Gasteiger partial charge in [-0.3, -0.25) is 0 Å². The van der Waals surface area contributed by atoms with E-state index in [-0.39, 0.29) is 0 Å². The maximum Gasteiger partial charge on any atom is 0.203 e. The molecule has 0 radical (unpaired) electrons. The molecule has 0 spiro atoms. The highest BCUT2D eigenvalue weighted by Gasteiger charge is 2.18. The molecule has 0 aliphatic rings. The molecule has 0 saturated carbocycles. The highest BCUT2D eigenvalue weighted by atomic mass is 79.9. The number of ether oxygens (including phenoxy) is 3. The van der Waals surface area contributed by atoms with Gasteiger partial charge in [-0.05, 0) is 6.07 Å². The second-order valence-electron chi connectivity index (χ2n) is 2.74. The van der Waals surface area contributed by atoms with Crippen LogP contribution >= 0.6 is 31.9 Å². The summed E-state index contributed by atoms with van der Waals surface area (Å²) in [6.45, 7) is 0. The standard InChI is InChI=1S/C10H12Br2O3/c1-13-8-4-7(12)6(5-11)9(14-2)10(8)15-3/h4H,5H2,1-3H3. The molecular weight excluding hydrogens is 328 g/mol. The second-order valence-corrected chi connectivity index (χ2v) is 4.15. The summed E-state index contributed by atoms with van der Waals surface area (Å²) >= 11 is 6.86. The molecule has 0 unspecified atom stereocenters. The van der Waals surface area contributed by atoms with E-state index in [1.54, 1.807) is 21.3 Å². The molecule has 1 rings (SSSR count). The van der Waals surface area contributed by atoms with Crippen molar-refractivity contribution in [1.29, 1.82) is 0 Å². The molecule has 0 bridgehead atoms. The van der Waals surface area contributed by atoms with E-state index < -0.39 is 0 Å². The van der Waals surface area contributed by atoms with Crippen LogP contribution in [-0.4, -0.2) is 21.3 Å². The van der Waals surface area contributed by atoms with Gasteiger partial charge in [-0.15, -0.1) is 0 Å². The van der Waals surface area contributed by atoms with E-state index in [1.807, 2.05) is 6.07 Å². The van der Waals surface area contributed by atoms with Crippen LogP contribution in [0.25, 0.3) is 0 Å². The van der Waals surface area contributed by atoms with Gasteiger partial charge in [-0.1, -0.05) is 31.9 Å². The van der Waals surface area contributed by atoms with Gasteiger partial charge in [0.15, 0.2) is 11.5 Å². The Morgan fingerprint density at radius 2 is 1.67 bits per heavy atom. The minimum atomic E-state index is 0.609. The van der Waals surface area contributed by atoms with Gasteiger partial charge in [-0.25, -0.2) is 0 Å². The Morgan fingerprint density at radius 3 is 2.07 bits per heavy atom. The zero-order valence-corrected chi connectivity index (χ0v) is 11.9. The molecule has 15 heavy (non-hydrogen) atoms. The maximum absolute atomic E-state index is 5.32. The lowest BCUT2D eigenvalue weighted by Gasteiger charge is -2.16. The van der Waals surface area contributed by atoms with Crippen LogP contribution in [0.2, 0.25) is 0 Å². The summed E-state index contributed by atoms with van der Waals surface area (Å²) in [6.07, 6.45) is 0. The molecule has 5 heteroatoms. The molecule has 0 aromatic heterocycles. The van der Waals surface area contributed by atoms with Gasteiger partial charge >= 0.3 is 0 Å². The molecule has 1 aromatic rings. The average molecular weight is 340 g/mol. The molecule has 0 heterocycles. The van der Waals surface area contributed by atoms with E-state index in [0.717, 1.165) is 10.0 Å². The molecule has 0 aliphatic carbocycles. The molecule has 0 amide bonds. The number of rotatable bonds is 4. The van der Waals surface area contributed by atoms with Crippen molar-refractivity contribution in [2.45, 2.75) is 5.33 Å². The van der Waals surface area contributed by atoms with E-state index in [2.05, 4.69) is 31.9 Å². The third-order valence-corrected chi connectivity index (χ3v) is 3.28. The minimum absolute atomic E-state index is 0.609.